The molecule has 3 rings (SSSR count). The summed E-state index contributed by atoms with van der Waals surface area (Å²) in [6, 6.07) is 3.93. The third-order valence-corrected chi connectivity index (χ3v) is 5.42. The van der Waals surface area contributed by atoms with E-state index in [9.17, 15) is 4.79 Å². The van der Waals surface area contributed by atoms with E-state index in [0.717, 1.165) is 58.4 Å². The van der Waals surface area contributed by atoms with Crippen molar-refractivity contribution >= 4 is 17.9 Å². The minimum absolute atomic E-state index is 0.165. The molecule has 1 aromatic heterocycles. The van der Waals surface area contributed by atoms with E-state index >= 15 is 0 Å². The quantitative estimate of drug-likeness (QED) is 0.639. The van der Waals surface area contributed by atoms with Crippen LogP contribution in [0.2, 0.25) is 0 Å². The maximum atomic E-state index is 12.8. The number of pyridine rings is 1. The first-order chi connectivity index (χ1) is 12.7. The maximum Gasteiger partial charge on any atom is 0.225 e. The first-order valence-electron chi connectivity index (χ1n) is 9.44. The standard InChI is InChI=1S/C19H29N5O2/c1-26-22-13-15-3-10-24(11-4-15)19(25)17-5-8-23(9-6-17)14-16-2-7-21-18(20)12-16/h2,7,12-13,15,17H,3-6,8-11,14H2,1H3,(H2,20,21). The number of nitrogens with zero attached hydrogens (tertiary/aromatic N) is 4. The smallest absolute Gasteiger partial charge is 0.225 e. The lowest BCUT2D eigenvalue weighted by atomic mass is 9.92. The molecule has 2 fully saturated rings. The van der Waals surface area contributed by atoms with Crippen molar-refractivity contribution < 1.29 is 9.63 Å². The number of hydrogen-bond donors (Lipinski definition) is 1. The molecule has 142 valence electrons. The Labute approximate surface area is 155 Å². The van der Waals surface area contributed by atoms with E-state index in [1.165, 1.54) is 5.56 Å². The number of piperidine rings is 2. The summed E-state index contributed by atoms with van der Waals surface area (Å²) in [7, 11) is 1.56. The number of carbonyl (C=O) groups excluding carboxylic acids is 1. The normalized spacial score (nSPS) is 20.6. The highest BCUT2D eigenvalue weighted by Crippen LogP contribution is 2.24. The molecule has 0 aromatic carbocycles. The van der Waals surface area contributed by atoms with E-state index < -0.39 is 0 Å². The van der Waals surface area contributed by atoms with Gasteiger partial charge in [-0.1, -0.05) is 5.16 Å². The highest BCUT2D eigenvalue weighted by molar-refractivity contribution is 5.79. The van der Waals surface area contributed by atoms with Gasteiger partial charge in [-0.15, -0.1) is 0 Å². The number of amides is 1. The summed E-state index contributed by atoms with van der Waals surface area (Å²) in [6.07, 6.45) is 7.44. The van der Waals surface area contributed by atoms with Crippen LogP contribution in [0.1, 0.15) is 31.2 Å². The Kier molecular flexibility index (Phi) is 6.44. The van der Waals surface area contributed by atoms with Gasteiger partial charge in [-0.2, -0.15) is 0 Å². The van der Waals surface area contributed by atoms with Crippen LogP contribution in [0.5, 0.6) is 0 Å². The van der Waals surface area contributed by atoms with Gasteiger partial charge in [0, 0.05) is 43.9 Å². The zero-order chi connectivity index (χ0) is 18.4. The van der Waals surface area contributed by atoms with Gasteiger partial charge in [-0.3, -0.25) is 9.69 Å². The first-order valence-corrected chi connectivity index (χ1v) is 9.44. The second kappa shape index (κ2) is 8.98. The van der Waals surface area contributed by atoms with Crippen LogP contribution in [0.25, 0.3) is 0 Å². The summed E-state index contributed by atoms with van der Waals surface area (Å²) < 4.78 is 0. The summed E-state index contributed by atoms with van der Waals surface area (Å²) in [5.41, 5.74) is 6.93. The van der Waals surface area contributed by atoms with Gasteiger partial charge in [0.2, 0.25) is 5.91 Å². The van der Waals surface area contributed by atoms with Crippen molar-refractivity contribution in [3.63, 3.8) is 0 Å². The van der Waals surface area contributed by atoms with Crippen LogP contribution >= 0.6 is 0 Å². The van der Waals surface area contributed by atoms with Crippen molar-refractivity contribution in [3.05, 3.63) is 23.9 Å². The van der Waals surface area contributed by atoms with Crippen LogP contribution in [0.3, 0.4) is 0 Å². The van der Waals surface area contributed by atoms with Crippen LogP contribution in [-0.4, -0.2) is 60.2 Å². The average Bonchev–Trinajstić information content (AvgIpc) is 2.67. The first kappa shape index (κ1) is 18.6. The number of carbonyl (C=O) groups is 1. The monoisotopic (exact) mass is 359 g/mol. The van der Waals surface area contributed by atoms with Gasteiger partial charge >= 0.3 is 0 Å². The fourth-order valence-corrected chi connectivity index (χ4v) is 3.86. The molecule has 7 heteroatoms. The van der Waals surface area contributed by atoms with Gasteiger partial charge in [0.25, 0.3) is 0 Å². The molecule has 0 atom stereocenters. The van der Waals surface area contributed by atoms with Gasteiger partial charge < -0.3 is 15.5 Å². The van der Waals surface area contributed by atoms with Crippen molar-refractivity contribution in [1.82, 2.24) is 14.8 Å². The minimum Gasteiger partial charge on any atom is -0.399 e. The van der Waals surface area contributed by atoms with E-state index in [-0.39, 0.29) is 5.92 Å². The predicted octanol–water partition coefficient (Wildman–Crippen LogP) is 1.75. The molecule has 2 aliphatic heterocycles. The molecule has 2 aliphatic rings. The predicted molar refractivity (Wildman–Crippen MR) is 101 cm³/mol. The van der Waals surface area contributed by atoms with Crippen molar-refractivity contribution in [2.75, 3.05) is 39.0 Å². The number of likely N-dealkylation sites (tertiary alicyclic amines) is 2. The summed E-state index contributed by atoms with van der Waals surface area (Å²) >= 11 is 0. The van der Waals surface area contributed by atoms with E-state index in [1.807, 2.05) is 23.2 Å². The molecule has 1 amide bonds. The largest absolute Gasteiger partial charge is 0.399 e. The molecule has 2 saturated heterocycles. The number of nitrogen functional groups attached to an aromatic ring is 1. The van der Waals surface area contributed by atoms with E-state index in [1.54, 1.807) is 13.3 Å². The molecule has 0 saturated carbocycles. The molecular weight excluding hydrogens is 330 g/mol. The average molecular weight is 359 g/mol. The highest BCUT2D eigenvalue weighted by Gasteiger charge is 2.30. The van der Waals surface area contributed by atoms with Crippen molar-refractivity contribution in [2.24, 2.45) is 17.0 Å². The SMILES string of the molecule is CON=CC1CCN(C(=O)C2CCN(Cc3ccnc(N)c3)CC2)CC1. The molecule has 0 unspecified atom stereocenters. The van der Waals surface area contributed by atoms with Gasteiger partial charge in [-0.25, -0.2) is 4.98 Å². The van der Waals surface area contributed by atoms with Crippen molar-refractivity contribution in [2.45, 2.75) is 32.2 Å². The Morgan fingerprint density at radius 3 is 2.69 bits per heavy atom. The lowest BCUT2D eigenvalue weighted by Gasteiger charge is -2.36. The van der Waals surface area contributed by atoms with Crippen LogP contribution in [0.4, 0.5) is 5.82 Å². The summed E-state index contributed by atoms with van der Waals surface area (Å²) in [6.45, 7) is 4.44. The second-order valence-electron chi connectivity index (χ2n) is 7.24. The third-order valence-electron chi connectivity index (χ3n) is 5.42. The Morgan fingerprint density at radius 2 is 2.04 bits per heavy atom. The van der Waals surface area contributed by atoms with Gasteiger partial charge in [0.1, 0.15) is 12.9 Å². The van der Waals surface area contributed by atoms with E-state index in [4.69, 9.17) is 10.6 Å². The molecule has 0 aliphatic carbocycles. The minimum atomic E-state index is 0.165. The molecule has 26 heavy (non-hydrogen) atoms. The number of aromatic nitrogens is 1. The summed E-state index contributed by atoms with van der Waals surface area (Å²) in [5.74, 6) is 1.48. The lowest BCUT2D eigenvalue weighted by molar-refractivity contribution is -0.138. The number of oxime groups is 1. The molecule has 0 bridgehead atoms. The zero-order valence-electron chi connectivity index (χ0n) is 15.5. The van der Waals surface area contributed by atoms with Gasteiger partial charge in [0.15, 0.2) is 0 Å². The van der Waals surface area contributed by atoms with Crippen LogP contribution < -0.4 is 5.73 Å². The third kappa shape index (κ3) is 4.94. The van der Waals surface area contributed by atoms with Gasteiger partial charge in [-0.05, 0) is 56.5 Å². The van der Waals surface area contributed by atoms with Crippen LogP contribution in [0, 0.1) is 11.8 Å². The fourth-order valence-electron chi connectivity index (χ4n) is 3.86. The molecular formula is C19H29N5O2. The lowest BCUT2D eigenvalue weighted by Crippen LogP contribution is -2.45. The second-order valence-corrected chi connectivity index (χ2v) is 7.24. The van der Waals surface area contributed by atoms with Crippen LogP contribution in [0.15, 0.2) is 23.5 Å². The Hall–Kier alpha value is -2.15. The summed E-state index contributed by atoms with van der Waals surface area (Å²) in [4.78, 5) is 26.0. The summed E-state index contributed by atoms with van der Waals surface area (Å²) in [5, 5.41) is 3.86. The molecule has 2 N–H and O–H groups in total. The fraction of sp³-hybridized carbons (Fsp3) is 0.632. The molecule has 1 aromatic rings. The Balaban J connectivity index is 1.43. The highest BCUT2D eigenvalue weighted by atomic mass is 16.6. The van der Waals surface area contributed by atoms with Gasteiger partial charge in [0.05, 0.1) is 0 Å². The van der Waals surface area contributed by atoms with E-state index in [2.05, 4.69) is 15.0 Å². The van der Waals surface area contributed by atoms with Crippen molar-refractivity contribution in [1.29, 1.82) is 0 Å². The van der Waals surface area contributed by atoms with Crippen LogP contribution in [-0.2, 0) is 16.2 Å². The molecule has 3 heterocycles. The number of nitrogens with two attached hydrogens (primary N) is 1. The maximum absolute atomic E-state index is 12.8. The molecule has 0 spiro atoms. The zero-order valence-corrected chi connectivity index (χ0v) is 15.5. The number of hydrogen-bond acceptors (Lipinski definition) is 6. The van der Waals surface area contributed by atoms with E-state index in [0.29, 0.717) is 17.6 Å². The Bertz CT molecular complexity index is 620. The molecule has 0 radical (unpaired) electrons. The Morgan fingerprint density at radius 1 is 1.31 bits per heavy atom. The topological polar surface area (TPSA) is 84.0 Å². The number of rotatable bonds is 5. The number of anilines is 1. The van der Waals surface area contributed by atoms with Crippen molar-refractivity contribution in [3.8, 4) is 0 Å². The molecule has 7 nitrogen and oxygen atoms in total.